The summed E-state index contributed by atoms with van der Waals surface area (Å²) in [6, 6.07) is 7.46. The standard InChI is InChI=1S/C19H17FN4O3/c1-13-17(14(2)24(22-13)16-6-4-15(20)5-7-16)8-9-19(25)27-12-18-21-10-3-11-23(18)26/h3-11H,12H2,1-2H3/b9-8+. The largest absolute Gasteiger partial charge is 0.711 e. The number of carbonyl (C=O) groups is 1. The highest BCUT2D eigenvalue weighted by atomic mass is 19.1. The predicted molar refractivity (Wildman–Crippen MR) is 95.0 cm³/mol. The van der Waals surface area contributed by atoms with Gasteiger partial charge < -0.3 is 9.94 Å². The van der Waals surface area contributed by atoms with Crippen molar-refractivity contribution >= 4 is 12.0 Å². The van der Waals surface area contributed by atoms with Gasteiger partial charge in [-0.05, 0) is 49.2 Å². The van der Waals surface area contributed by atoms with E-state index in [0.717, 1.165) is 16.9 Å². The molecule has 1 aromatic carbocycles. The molecule has 7 nitrogen and oxygen atoms in total. The van der Waals surface area contributed by atoms with Crippen LogP contribution in [0.3, 0.4) is 0 Å². The highest BCUT2D eigenvalue weighted by molar-refractivity contribution is 5.87. The van der Waals surface area contributed by atoms with Gasteiger partial charge in [0.15, 0.2) is 6.61 Å². The second-order valence-electron chi connectivity index (χ2n) is 5.78. The molecule has 0 spiro atoms. The smallest absolute Gasteiger partial charge is 0.339 e. The van der Waals surface area contributed by atoms with Gasteiger partial charge in [-0.25, -0.2) is 18.6 Å². The number of halogens is 1. The van der Waals surface area contributed by atoms with Gasteiger partial charge in [0.25, 0.3) is 0 Å². The van der Waals surface area contributed by atoms with E-state index in [1.54, 1.807) is 22.9 Å². The molecule has 0 fully saturated rings. The quantitative estimate of drug-likeness (QED) is 0.299. The molecule has 0 amide bonds. The topological polar surface area (TPSA) is 84.0 Å². The minimum atomic E-state index is -0.603. The molecule has 0 saturated carbocycles. The van der Waals surface area contributed by atoms with Gasteiger partial charge >= 0.3 is 11.8 Å². The Hall–Kier alpha value is -3.55. The molecule has 3 rings (SSSR count). The Balaban J connectivity index is 1.72. The number of hydrogen-bond donors (Lipinski definition) is 0. The third-order valence-electron chi connectivity index (χ3n) is 3.93. The van der Waals surface area contributed by atoms with E-state index in [4.69, 9.17) is 4.74 Å². The number of benzene rings is 1. The number of carbonyl (C=O) groups excluding carboxylic acids is 1. The molecular weight excluding hydrogens is 351 g/mol. The number of rotatable bonds is 5. The number of aromatic nitrogens is 4. The van der Waals surface area contributed by atoms with Crippen molar-refractivity contribution in [2.24, 2.45) is 0 Å². The van der Waals surface area contributed by atoms with Crippen molar-refractivity contribution in [2.45, 2.75) is 20.5 Å². The van der Waals surface area contributed by atoms with Crippen molar-refractivity contribution in [3.05, 3.63) is 82.6 Å². The Morgan fingerprint density at radius 3 is 2.78 bits per heavy atom. The van der Waals surface area contributed by atoms with Crippen molar-refractivity contribution in [1.29, 1.82) is 0 Å². The minimum absolute atomic E-state index is 0.0933. The van der Waals surface area contributed by atoms with Crippen molar-refractivity contribution in [2.75, 3.05) is 0 Å². The number of aryl methyl sites for hydroxylation is 1. The molecule has 0 atom stereocenters. The van der Waals surface area contributed by atoms with Crippen LogP contribution in [-0.4, -0.2) is 20.7 Å². The Labute approximate surface area is 154 Å². The van der Waals surface area contributed by atoms with Crippen LogP contribution < -0.4 is 4.73 Å². The summed E-state index contributed by atoms with van der Waals surface area (Å²) < 4.78 is 20.4. The van der Waals surface area contributed by atoms with Gasteiger partial charge in [0.2, 0.25) is 0 Å². The summed E-state index contributed by atoms with van der Waals surface area (Å²) in [6.07, 6.45) is 5.60. The molecule has 2 heterocycles. The van der Waals surface area contributed by atoms with Crippen LogP contribution in [0.15, 0.2) is 48.8 Å². The van der Waals surface area contributed by atoms with Crippen LogP contribution in [-0.2, 0) is 16.1 Å². The fraction of sp³-hybridized carbons (Fsp3) is 0.158. The first-order valence-corrected chi connectivity index (χ1v) is 8.16. The second-order valence-corrected chi connectivity index (χ2v) is 5.78. The van der Waals surface area contributed by atoms with Crippen molar-refractivity contribution in [3.8, 4) is 5.69 Å². The van der Waals surface area contributed by atoms with E-state index in [9.17, 15) is 14.4 Å². The molecule has 8 heteroatoms. The first-order valence-electron chi connectivity index (χ1n) is 8.16. The van der Waals surface area contributed by atoms with E-state index in [0.29, 0.717) is 10.4 Å². The molecular formula is C19H17FN4O3. The molecule has 0 aliphatic rings. The summed E-state index contributed by atoms with van der Waals surface area (Å²) in [5.41, 5.74) is 2.98. The van der Waals surface area contributed by atoms with Gasteiger partial charge in [0.05, 0.1) is 17.6 Å². The summed E-state index contributed by atoms with van der Waals surface area (Å²) in [5, 5.41) is 15.9. The summed E-state index contributed by atoms with van der Waals surface area (Å²) in [6.45, 7) is 3.44. The molecule has 0 unspecified atom stereocenters. The van der Waals surface area contributed by atoms with Gasteiger partial charge in [-0.2, -0.15) is 5.10 Å². The third-order valence-corrected chi connectivity index (χ3v) is 3.93. The Morgan fingerprint density at radius 2 is 2.07 bits per heavy atom. The fourth-order valence-corrected chi connectivity index (χ4v) is 2.55. The van der Waals surface area contributed by atoms with E-state index in [-0.39, 0.29) is 18.2 Å². The van der Waals surface area contributed by atoms with Crippen molar-refractivity contribution in [1.82, 2.24) is 14.8 Å². The van der Waals surface area contributed by atoms with E-state index < -0.39 is 5.97 Å². The number of nitrogens with zero attached hydrogens (tertiary/aromatic N) is 4. The molecule has 0 N–H and O–H groups in total. The molecule has 0 saturated heterocycles. The first-order chi connectivity index (χ1) is 13.0. The zero-order valence-corrected chi connectivity index (χ0v) is 14.8. The lowest BCUT2D eigenvalue weighted by Gasteiger charge is -2.05. The van der Waals surface area contributed by atoms with Gasteiger partial charge in [-0.3, -0.25) is 0 Å². The van der Waals surface area contributed by atoms with Crippen LogP contribution in [0.2, 0.25) is 0 Å². The van der Waals surface area contributed by atoms with Crippen molar-refractivity contribution < 1.29 is 18.7 Å². The van der Waals surface area contributed by atoms with Gasteiger partial charge in [-0.15, -0.1) is 0 Å². The minimum Gasteiger partial charge on any atom is -0.711 e. The van der Waals surface area contributed by atoms with Gasteiger partial charge in [-0.1, -0.05) is 0 Å². The third kappa shape index (κ3) is 4.17. The predicted octanol–water partition coefficient (Wildman–Crippen LogP) is 2.41. The van der Waals surface area contributed by atoms with Crippen LogP contribution >= 0.6 is 0 Å². The molecule has 0 bridgehead atoms. The SMILES string of the molecule is Cc1nn(-c2ccc(F)cc2)c(C)c1/C=C/C(=O)OCc1nccc[n+]1[O-]. The van der Waals surface area contributed by atoms with Crippen LogP contribution in [0.1, 0.15) is 22.8 Å². The first kappa shape index (κ1) is 18.2. The lowest BCUT2D eigenvalue weighted by atomic mass is 10.2. The molecule has 138 valence electrons. The molecule has 0 aliphatic heterocycles. The van der Waals surface area contributed by atoms with Crippen molar-refractivity contribution in [3.63, 3.8) is 0 Å². The summed E-state index contributed by atoms with van der Waals surface area (Å²) in [4.78, 5) is 15.8. The monoisotopic (exact) mass is 368 g/mol. The molecule has 2 aromatic heterocycles. The molecule has 0 radical (unpaired) electrons. The summed E-state index contributed by atoms with van der Waals surface area (Å²) in [5.74, 6) is -0.833. The van der Waals surface area contributed by atoms with Crippen LogP contribution in [0.4, 0.5) is 4.39 Å². The molecule has 27 heavy (non-hydrogen) atoms. The Bertz CT molecular complexity index is 997. The van der Waals surface area contributed by atoms with Crippen LogP contribution in [0.25, 0.3) is 11.8 Å². The van der Waals surface area contributed by atoms with E-state index in [1.165, 1.54) is 36.7 Å². The maximum absolute atomic E-state index is 13.1. The summed E-state index contributed by atoms with van der Waals surface area (Å²) >= 11 is 0. The highest BCUT2D eigenvalue weighted by Crippen LogP contribution is 2.19. The number of ether oxygens (including phenoxy) is 1. The average molecular weight is 368 g/mol. The van der Waals surface area contributed by atoms with E-state index in [1.807, 2.05) is 13.8 Å². The lowest BCUT2D eigenvalue weighted by Crippen LogP contribution is -2.33. The fourth-order valence-electron chi connectivity index (χ4n) is 2.55. The maximum Gasteiger partial charge on any atom is 0.339 e. The average Bonchev–Trinajstić information content (AvgIpc) is 2.94. The lowest BCUT2D eigenvalue weighted by molar-refractivity contribution is -0.620. The zero-order chi connectivity index (χ0) is 19.4. The molecule has 0 aliphatic carbocycles. The normalized spacial score (nSPS) is 11.1. The van der Waals surface area contributed by atoms with Gasteiger partial charge in [0, 0.05) is 23.4 Å². The van der Waals surface area contributed by atoms with Crippen LogP contribution in [0.5, 0.6) is 0 Å². The second kappa shape index (κ2) is 7.77. The highest BCUT2D eigenvalue weighted by Gasteiger charge is 2.12. The van der Waals surface area contributed by atoms with Gasteiger partial charge in [0.1, 0.15) is 12.0 Å². The number of esters is 1. The Kier molecular flexibility index (Phi) is 5.25. The van der Waals surface area contributed by atoms with E-state index in [2.05, 4.69) is 10.1 Å². The van der Waals surface area contributed by atoms with Crippen LogP contribution in [0, 0.1) is 24.9 Å². The maximum atomic E-state index is 13.1. The summed E-state index contributed by atoms with van der Waals surface area (Å²) in [7, 11) is 0. The zero-order valence-electron chi connectivity index (χ0n) is 14.8. The molecule has 3 aromatic rings. The number of hydrogen-bond acceptors (Lipinski definition) is 5. The Morgan fingerprint density at radius 1 is 1.33 bits per heavy atom. The van der Waals surface area contributed by atoms with E-state index >= 15 is 0 Å².